The number of nitrogens with zero attached hydrogens (tertiary/aromatic N) is 2. The molecule has 14 heavy (non-hydrogen) atoms. The summed E-state index contributed by atoms with van der Waals surface area (Å²) in [6, 6.07) is 1.83. The van der Waals surface area contributed by atoms with E-state index in [2.05, 4.69) is 31.2 Å². The molecule has 1 unspecified atom stereocenters. The van der Waals surface area contributed by atoms with Gasteiger partial charge in [0, 0.05) is 19.2 Å². The maximum Gasteiger partial charge on any atom is 0.130 e. The Morgan fingerprint density at radius 1 is 1.57 bits per heavy atom. The van der Waals surface area contributed by atoms with Gasteiger partial charge < -0.3 is 10.1 Å². The minimum atomic E-state index is 0.189. The molecule has 5 heteroatoms. The molecule has 1 N–H and O–H groups in total. The molecular weight excluding hydrogens is 246 g/mol. The van der Waals surface area contributed by atoms with E-state index in [1.165, 1.54) is 6.33 Å². The van der Waals surface area contributed by atoms with Crippen LogP contribution in [0.25, 0.3) is 0 Å². The summed E-state index contributed by atoms with van der Waals surface area (Å²) in [5.74, 6) is 0.804. The van der Waals surface area contributed by atoms with Crippen molar-refractivity contribution in [2.24, 2.45) is 0 Å². The third-order valence-corrected chi connectivity index (χ3v) is 2.09. The van der Waals surface area contributed by atoms with Crippen LogP contribution >= 0.6 is 15.9 Å². The van der Waals surface area contributed by atoms with Crippen LogP contribution in [-0.2, 0) is 4.74 Å². The maximum atomic E-state index is 5.38. The van der Waals surface area contributed by atoms with Gasteiger partial charge in [-0.2, -0.15) is 0 Å². The fraction of sp³-hybridized carbons (Fsp3) is 0.556. The van der Waals surface area contributed by atoms with E-state index in [1.807, 2.05) is 19.9 Å². The molecule has 1 heterocycles. The molecule has 0 fully saturated rings. The van der Waals surface area contributed by atoms with E-state index < -0.39 is 0 Å². The summed E-state index contributed by atoms with van der Waals surface area (Å²) in [5.41, 5.74) is 0. The smallest absolute Gasteiger partial charge is 0.130 e. The summed E-state index contributed by atoms with van der Waals surface area (Å²) >= 11 is 3.28. The molecule has 0 aromatic carbocycles. The van der Waals surface area contributed by atoms with Gasteiger partial charge in [-0.15, -0.1) is 0 Å². The average Bonchev–Trinajstić information content (AvgIpc) is 2.15. The van der Waals surface area contributed by atoms with E-state index >= 15 is 0 Å². The second kappa shape index (κ2) is 5.93. The van der Waals surface area contributed by atoms with Gasteiger partial charge in [-0.25, -0.2) is 9.97 Å². The van der Waals surface area contributed by atoms with Crippen LogP contribution in [0.1, 0.15) is 13.8 Å². The van der Waals surface area contributed by atoms with Gasteiger partial charge >= 0.3 is 0 Å². The van der Waals surface area contributed by atoms with Crippen molar-refractivity contribution in [2.75, 3.05) is 18.5 Å². The Labute approximate surface area is 92.2 Å². The second-order valence-corrected chi connectivity index (χ2v) is 3.69. The van der Waals surface area contributed by atoms with Crippen molar-refractivity contribution in [3.8, 4) is 0 Å². The van der Waals surface area contributed by atoms with Crippen molar-refractivity contribution in [3.05, 3.63) is 17.0 Å². The predicted octanol–water partition coefficient (Wildman–Crippen LogP) is 2.08. The highest BCUT2D eigenvalue weighted by atomic mass is 79.9. The van der Waals surface area contributed by atoms with E-state index in [-0.39, 0.29) is 6.10 Å². The lowest BCUT2D eigenvalue weighted by Crippen LogP contribution is -2.20. The fourth-order valence-corrected chi connectivity index (χ4v) is 1.33. The molecule has 1 atom stereocenters. The highest BCUT2D eigenvalue weighted by molar-refractivity contribution is 9.10. The Bertz CT molecular complexity index is 283. The normalized spacial score (nSPS) is 12.5. The SMILES string of the molecule is CCOC(C)CNc1cc(Br)ncn1. The van der Waals surface area contributed by atoms with Gasteiger partial charge in [0.05, 0.1) is 6.10 Å². The van der Waals surface area contributed by atoms with E-state index in [9.17, 15) is 0 Å². The molecule has 0 aliphatic carbocycles. The molecule has 4 nitrogen and oxygen atoms in total. The third kappa shape index (κ3) is 4.02. The molecule has 0 saturated heterocycles. The molecule has 0 bridgehead atoms. The number of ether oxygens (including phenoxy) is 1. The first kappa shape index (κ1) is 11.4. The quantitative estimate of drug-likeness (QED) is 0.823. The number of nitrogens with one attached hydrogen (secondary N) is 1. The van der Waals surface area contributed by atoms with Gasteiger partial charge in [-0.1, -0.05) is 0 Å². The lowest BCUT2D eigenvalue weighted by atomic mass is 10.4. The minimum absolute atomic E-state index is 0.189. The van der Waals surface area contributed by atoms with Crippen molar-refractivity contribution in [1.29, 1.82) is 0 Å². The maximum absolute atomic E-state index is 5.38. The number of anilines is 1. The van der Waals surface area contributed by atoms with E-state index in [1.54, 1.807) is 0 Å². The summed E-state index contributed by atoms with van der Waals surface area (Å²) < 4.78 is 6.15. The molecule has 0 aliphatic heterocycles. The molecule has 0 aliphatic rings. The van der Waals surface area contributed by atoms with Crippen LogP contribution in [0.5, 0.6) is 0 Å². The number of hydrogen-bond donors (Lipinski definition) is 1. The molecule has 1 aromatic heterocycles. The van der Waals surface area contributed by atoms with Gasteiger partial charge in [-0.3, -0.25) is 0 Å². The van der Waals surface area contributed by atoms with Gasteiger partial charge in [0.2, 0.25) is 0 Å². The summed E-state index contributed by atoms with van der Waals surface area (Å²) in [5, 5.41) is 3.16. The monoisotopic (exact) mass is 259 g/mol. The molecule has 0 radical (unpaired) electrons. The average molecular weight is 260 g/mol. The highest BCUT2D eigenvalue weighted by Crippen LogP contribution is 2.09. The molecular formula is C9H14BrN3O. The first-order chi connectivity index (χ1) is 6.72. The van der Waals surface area contributed by atoms with Crippen molar-refractivity contribution in [2.45, 2.75) is 20.0 Å². The van der Waals surface area contributed by atoms with Crippen molar-refractivity contribution in [1.82, 2.24) is 9.97 Å². The lowest BCUT2D eigenvalue weighted by Gasteiger charge is -2.12. The summed E-state index contributed by atoms with van der Waals surface area (Å²) in [4.78, 5) is 8.00. The van der Waals surface area contributed by atoms with Gasteiger partial charge in [0.15, 0.2) is 0 Å². The third-order valence-electron chi connectivity index (χ3n) is 1.66. The van der Waals surface area contributed by atoms with Crippen molar-refractivity contribution >= 4 is 21.7 Å². The van der Waals surface area contributed by atoms with Crippen LogP contribution in [-0.4, -0.2) is 29.2 Å². The fourth-order valence-electron chi connectivity index (χ4n) is 1.02. The Hall–Kier alpha value is -0.680. The molecule has 0 amide bonds. The van der Waals surface area contributed by atoms with E-state index in [0.29, 0.717) is 0 Å². The van der Waals surface area contributed by atoms with Gasteiger partial charge in [-0.05, 0) is 29.8 Å². The van der Waals surface area contributed by atoms with Crippen molar-refractivity contribution < 1.29 is 4.74 Å². The first-order valence-electron chi connectivity index (χ1n) is 4.55. The summed E-state index contributed by atoms with van der Waals surface area (Å²) in [7, 11) is 0. The summed E-state index contributed by atoms with van der Waals surface area (Å²) in [6.45, 7) is 5.48. The van der Waals surface area contributed by atoms with Crippen LogP contribution < -0.4 is 5.32 Å². The minimum Gasteiger partial charge on any atom is -0.377 e. The standard InChI is InChI=1S/C9H14BrN3O/c1-3-14-7(2)5-11-9-4-8(10)12-6-13-9/h4,6-7H,3,5H2,1-2H3,(H,11,12,13). The zero-order chi connectivity index (χ0) is 10.4. The van der Waals surface area contributed by atoms with E-state index in [0.717, 1.165) is 23.6 Å². The van der Waals surface area contributed by atoms with Crippen LogP contribution in [0.3, 0.4) is 0 Å². The topological polar surface area (TPSA) is 47.0 Å². The molecule has 1 rings (SSSR count). The predicted molar refractivity (Wildman–Crippen MR) is 59.3 cm³/mol. The highest BCUT2D eigenvalue weighted by Gasteiger charge is 2.01. The zero-order valence-electron chi connectivity index (χ0n) is 8.33. The van der Waals surface area contributed by atoms with E-state index in [4.69, 9.17) is 4.74 Å². The Morgan fingerprint density at radius 3 is 3.00 bits per heavy atom. The lowest BCUT2D eigenvalue weighted by molar-refractivity contribution is 0.0855. The number of aromatic nitrogens is 2. The van der Waals surface area contributed by atoms with Crippen molar-refractivity contribution in [3.63, 3.8) is 0 Å². The number of halogens is 1. The van der Waals surface area contributed by atoms with Crippen LogP contribution in [0.15, 0.2) is 17.0 Å². The van der Waals surface area contributed by atoms with Gasteiger partial charge in [0.25, 0.3) is 0 Å². The molecule has 0 spiro atoms. The Kier molecular flexibility index (Phi) is 4.82. The number of rotatable bonds is 5. The van der Waals surface area contributed by atoms with Crippen LogP contribution in [0, 0.1) is 0 Å². The Balaban J connectivity index is 2.37. The molecule has 0 saturated carbocycles. The molecule has 1 aromatic rings. The zero-order valence-corrected chi connectivity index (χ0v) is 9.91. The van der Waals surface area contributed by atoms with Gasteiger partial charge in [0.1, 0.15) is 16.7 Å². The Morgan fingerprint density at radius 2 is 2.36 bits per heavy atom. The van der Waals surface area contributed by atoms with Crippen LogP contribution in [0.4, 0.5) is 5.82 Å². The first-order valence-corrected chi connectivity index (χ1v) is 5.34. The largest absolute Gasteiger partial charge is 0.377 e. The number of hydrogen-bond acceptors (Lipinski definition) is 4. The second-order valence-electron chi connectivity index (χ2n) is 2.87. The van der Waals surface area contributed by atoms with Crippen LogP contribution in [0.2, 0.25) is 0 Å². The molecule has 78 valence electrons. The summed E-state index contributed by atoms with van der Waals surface area (Å²) in [6.07, 6.45) is 1.70.